The first-order valence-corrected chi connectivity index (χ1v) is 19.6. The number of nitrogens with zero attached hydrogens (tertiary/aromatic N) is 4. The number of rotatable bonds is 8. The van der Waals surface area contributed by atoms with Crippen molar-refractivity contribution in [1.29, 1.82) is 0 Å². The van der Waals surface area contributed by atoms with E-state index in [-0.39, 0.29) is 37.3 Å². The van der Waals surface area contributed by atoms with Crippen molar-refractivity contribution < 1.29 is 27.5 Å². The van der Waals surface area contributed by atoms with Gasteiger partial charge in [-0.05, 0) is 77.5 Å². The van der Waals surface area contributed by atoms with E-state index >= 15 is 0 Å². The quantitative estimate of drug-likeness (QED) is 0.289. The SMILES string of the molecule is CC(C)n1c(O[C@@H]2C[C@H]3C(=O)N[C@]4(C(=O)NS(=O)(=O)C5(C)CC5)C[C@@H]4/C=C\CCCCC[C@H](Nc4ccccc4)C(=O)N3C2)nc2ccncc21. The van der Waals surface area contributed by atoms with Gasteiger partial charge in [-0.1, -0.05) is 43.2 Å². The molecule has 2 aromatic heterocycles. The fourth-order valence-corrected chi connectivity index (χ4v) is 8.64. The van der Waals surface area contributed by atoms with Gasteiger partial charge in [-0.2, -0.15) is 4.98 Å². The van der Waals surface area contributed by atoms with Crippen LogP contribution in [0.5, 0.6) is 6.01 Å². The topological polar surface area (TPSA) is 165 Å². The number of benzene rings is 1. The number of nitrogens with one attached hydrogen (secondary N) is 3. The second kappa shape index (κ2) is 13.6. The van der Waals surface area contributed by atoms with Gasteiger partial charge < -0.3 is 20.3 Å². The van der Waals surface area contributed by atoms with Gasteiger partial charge in [-0.25, -0.2) is 8.42 Å². The maximum absolute atomic E-state index is 14.6. The molecular weight excluding hydrogens is 671 g/mol. The number of hydrogen-bond acceptors (Lipinski definition) is 9. The summed E-state index contributed by atoms with van der Waals surface area (Å²) in [5, 5.41) is 6.37. The van der Waals surface area contributed by atoms with Gasteiger partial charge in [0, 0.05) is 30.3 Å². The highest BCUT2D eigenvalue weighted by Crippen LogP contribution is 2.47. The lowest BCUT2D eigenvalue weighted by Gasteiger charge is -2.30. The van der Waals surface area contributed by atoms with Crippen molar-refractivity contribution >= 4 is 44.5 Å². The zero-order chi connectivity index (χ0) is 36.0. The number of carbonyl (C=O) groups excluding carboxylic acids is 3. The number of aromatic nitrogens is 3. The number of anilines is 1. The molecule has 0 radical (unpaired) electrons. The molecule has 13 nitrogen and oxygen atoms in total. The van der Waals surface area contributed by atoms with E-state index in [1.54, 1.807) is 24.2 Å². The van der Waals surface area contributed by atoms with Crippen molar-refractivity contribution in [3.05, 3.63) is 60.9 Å². The number of allylic oxidation sites excluding steroid dienone is 1. The van der Waals surface area contributed by atoms with Crippen LogP contribution in [0.15, 0.2) is 60.9 Å². The van der Waals surface area contributed by atoms with Crippen LogP contribution in [0.25, 0.3) is 11.0 Å². The third kappa shape index (κ3) is 6.94. The van der Waals surface area contributed by atoms with Crippen LogP contribution in [0.2, 0.25) is 0 Å². The molecule has 4 aliphatic rings. The second-order valence-electron chi connectivity index (χ2n) is 15.0. The van der Waals surface area contributed by atoms with Gasteiger partial charge in [-0.15, -0.1) is 0 Å². The van der Waals surface area contributed by atoms with Crippen molar-refractivity contribution in [2.75, 3.05) is 11.9 Å². The minimum absolute atomic E-state index is 0.00199. The van der Waals surface area contributed by atoms with E-state index < -0.39 is 50.3 Å². The molecule has 4 heterocycles. The molecule has 3 N–H and O–H groups in total. The number of ether oxygens (including phenoxy) is 1. The summed E-state index contributed by atoms with van der Waals surface area (Å²) >= 11 is 0. The molecule has 2 aliphatic carbocycles. The van der Waals surface area contributed by atoms with E-state index in [0.29, 0.717) is 25.3 Å². The molecule has 2 saturated carbocycles. The lowest BCUT2D eigenvalue weighted by Crippen LogP contribution is -2.58. The Balaban J connectivity index is 1.21. The molecule has 3 fully saturated rings. The fraction of sp³-hybridized carbons (Fsp3) is 0.541. The normalized spacial score (nSPS) is 28.5. The van der Waals surface area contributed by atoms with Crippen LogP contribution in [-0.2, 0) is 24.4 Å². The Morgan fingerprint density at radius 3 is 2.63 bits per heavy atom. The smallest absolute Gasteiger partial charge is 0.297 e. The van der Waals surface area contributed by atoms with Crippen molar-refractivity contribution in [3.8, 4) is 6.01 Å². The van der Waals surface area contributed by atoms with Gasteiger partial charge >= 0.3 is 0 Å². The molecule has 14 heteroatoms. The average Bonchev–Trinajstić information content (AvgIpc) is 3.92. The zero-order valence-electron chi connectivity index (χ0n) is 29.4. The number of pyridine rings is 1. The minimum Gasteiger partial charge on any atom is -0.459 e. The molecule has 2 aliphatic heterocycles. The molecular formula is C37H47N7O6S. The Morgan fingerprint density at radius 1 is 1.10 bits per heavy atom. The van der Waals surface area contributed by atoms with Crippen LogP contribution < -0.4 is 20.1 Å². The molecule has 3 aromatic rings. The molecule has 0 unspecified atom stereocenters. The fourth-order valence-electron chi connectivity index (χ4n) is 7.33. The standard InChI is InChI=1S/C37H47N7O6S/c1-24(2)44-31-22-38-19-16-28(31)40-35(44)50-27-20-30-32(45)41-37(34(47)42-51(48,49)36(3)17-18-36)21-25(37)12-8-5-4-6-11-15-29(33(46)43(30)23-27)39-26-13-9-7-10-14-26/h7-10,12-14,16,19,22,24-25,27,29-30,39H,4-6,11,15,17-18,20-21,23H2,1-3H3,(H,41,45)(H,42,47)/b12-8-/t25-,27+,29-,30-,37+/m0/s1. The van der Waals surface area contributed by atoms with Gasteiger partial charge in [0.25, 0.3) is 11.9 Å². The van der Waals surface area contributed by atoms with E-state index in [4.69, 9.17) is 9.72 Å². The summed E-state index contributed by atoms with van der Waals surface area (Å²) in [6, 6.07) is 10.1. The molecule has 51 heavy (non-hydrogen) atoms. The first-order chi connectivity index (χ1) is 24.4. The van der Waals surface area contributed by atoms with Gasteiger partial charge in [-0.3, -0.25) is 28.7 Å². The summed E-state index contributed by atoms with van der Waals surface area (Å²) in [7, 11) is -3.94. The summed E-state index contributed by atoms with van der Waals surface area (Å²) in [6.45, 7) is 5.78. The predicted molar refractivity (Wildman–Crippen MR) is 192 cm³/mol. The van der Waals surface area contributed by atoms with E-state index in [1.807, 2.05) is 67.0 Å². The first-order valence-electron chi connectivity index (χ1n) is 18.1. The van der Waals surface area contributed by atoms with Gasteiger partial charge in [0.05, 0.1) is 28.5 Å². The van der Waals surface area contributed by atoms with Crippen LogP contribution in [0.1, 0.15) is 84.6 Å². The van der Waals surface area contributed by atoms with E-state index in [0.717, 1.165) is 42.4 Å². The predicted octanol–water partition coefficient (Wildman–Crippen LogP) is 4.23. The van der Waals surface area contributed by atoms with Crippen LogP contribution in [0, 0.1) is 5.92 Å². The lowest BCUT2D eigenvalue weighted by molar-refractivity contribution is -0.140. The molecule has 0 bridgehead atoms. The average molecular weight is 718 g/mol. The Bertz CT molecular complexity index is 1940. The Morgan fingerprint density at radius 2 is 1.88 bits per heavy atom. The third-order valence-electron chi connectivity index (χ3n) is 10.8. The molecule has 5 atom stereocenters. The summed E-state index contributed by atoms with van der Waals surface area (Å²) in [4.78, 5) is 53.4. The van der Waals surface area contributed by atoms with Crippen LogP contribution >= 0.6 is 0 Å². The van der Waals surface area contributed by atoms with E-state index in [9.17, 15) is 22.8 Å². The maximum atomic E-state index is 14.6. The second-order valence-corrected chi connectivity index (χ2v) is 17.2. The highest BCUT2D eigenvalue weighted by atomic mass is 32.2. The van der Waals surface area contributed by atoms with Crippen molar-refractivity contribution in [1.82, 2.24) is 29.5 Å². The van der Waals surface area contributed by atoms with Crippen LogP contribution in [0.4, 0.5) is 5.69 Å². The lowest BCUT2D eigenvalue weighted by atomic mass is 10.0. The molecule has 3 amide bonds. The molecule has 1 aromatic carbocycles. The number of carbonyl (C=O) groups is 3. The minimum atomic E-state index is -3.94. The monoisotopic (exact) mass is 717 g/mol. The van der Waals surface area contributed by atoms with Gasteiger partial charge in [0.15, 0.2) is 0 Å². The maximum Gasteiger partial charge on any atom is 0.297 e. The number of sulfonamides is 1. The summed E-state index contributed by atoms with van der Waals surface area (Å²) in [5.41, 5.74) is 0.886. The number of fused-ring (bicyclic) bond motifs is 3. The Hall–Kier alpha value is -4.46. The van der Waals surface area contributed by atoms with Crippen LogP contribution in [0.3, 0.4) is 0 Å². The van der Waals surface area contributed by atoms with Crippen molar-refractivity contribution in [2.45, 2.75) is 113 Å². The van der Waals surface area contributed by atoms with E-state index in [2.05, 4.69) is 20.3 Å². The Labute approximate surface area is 298 Å². The molecule has 7 rings (SSSR count). The molecule has 0 spiro atoms. The molecule has 1 saturated heterocycles. The van der Waals surface area contributed by atoms with Crippen LogP contribution in [-0.4, -0.2) is 80.6 Å². The number of hydrogen-bond donors (Lipinski definition) is 3. The number of imidazole rings is 1. The largest absolute Gasteiger partial charge is 0.459 e. The van der Waals surface area contributed by atoms with E-state index in [1.165, 1.54) is 0 Å². The van der Waals surface area contributed by atoms with Gasteiger partial charge in [0.1, 0.15) is 23.7 Å². The summed E-state index contributed by atoms with van der Waals surface area (Å²) < 4.78 is 36.0. The van der Waals surface area contributed by atoms with Crippen molar-refractivity contribution in [3.63, 3.8) is 0 Å². The zero-order valence-corrected chi connectivity index (χ0v) is 30.2. The number of para-hydroxylation sites is 1. The highest BCUT2D eigenvalue weighted by Gasteiger charge is 2.63. The third-order valence-corrected chi connectivity index (χ3v) is 13.0. The first kappa shape index (κ1) is 35.0. The highest BCUT2D eigenvalue weighted by molar-refractivity contribution is 7.91. The summed E-state index contributed by atoms with van der Waals surface area (Å²) in [5.74, 6) is -1.88. The van der Waals surface area contributed by atoms with Crippen molar-refractivity contribution in [2.24, 2.45) is 5.92 Å². The molecule has 272 valence electrons. The summed E-state index contributed by atoms with van der Waals surface area (Å²) in [6.07, 6.45) is 12.0. The van der Waals surface area contributed by atoms with Gasteiger partial charge in [0.2, 0.25) is 21.8 Å². The number of amides is 3. The Kier molecular flexibility index (Phi) is 9.32.